The van der Waals surface area contributed by atoms with Gasteiger partial charge in [0.25, 0.3) is 0 Å². The zero-order valence-electron chi connectivity index (χ0n) is 15.8. The van der Waals surface area contributed by atoms with Crippen LogP contribution in [-0.4, -0.2) is 68.4 Å². The summed E-state index contributed by atoms with van der Waals surface area (Å²) in [6, 6.07) is 0. The highest BCUT2D eigenvalue weighted by atomic mass is 35.5. The highest BCUT2D eigenvalue weighted by Gasteiger charge is 2.98. The number of halogens is 26. The lowest BCUT2D eigenvalue weighted by atomic mass is 9.86. The lowest BCUT2D eigenvalue weighted by Gasteiger charge is -2.46. The molecule has 38 heavy (non-hydrogen) atoms. The molecule has 0 aliphatic heterocycles. The fourth-order valence-electron chi connectivity index (χ4n) is 1.93. The molecule has 0 spiro atoms. The molecular formula is C12Cl4F22. The van der Waals surface area contributed by atoms with Crippen molar-refractivity contribution in [3.8, 4) is 0 Å². The summed E-state index contributed by atoms with van der Waals surface area (Å²) >= 11 is 14.0. The molecule has 0 aliphatic rings. The smallest absolute Gasteiger partial charge is 0.211 e. The predicted octanol–water partition coefficient (Wildman–Crippen LogP) is 9.54. The van der Waals surface area contributed by atoms with Crippen molar-refractivity contribution >= 4 is 46.4 Å². The van der Waals surface area contributed by atoms with Gasteiger partial charge in [0.15, 0.2) is 0 Å². The van der Waals surface area contributed by atoms with E-state index in [-0.39, 0.29) is 0 Å². The lowest BCUT2D eigenvalue weighted by Crippen LogP contribution is -2.78. The van der Waals surface area contributed by atoms with Crippen LogP contribution < -0.4 is 0 Å². The molecule has 0 rings (SSSR count). The average Bonchev–Trinajstić information content (AvgIpc) is 2.64. The van der Waals surface area contributed by atoms with E-state index in [1.807, 2.05) is 0 Å². The Balaban J connectivity index is 7.29. The standard InChI is InChI=1S/C12Cl4F22/c13-1(17,11(15,35)36)3(19,20)5(23,24)7(27,28)9(31,32)10(33,34)8(29,30)6(25,26)4(21,22)2(14,18)12(16,37)38/t1-,2-/m0/s1. The normalized spacial score (nSPS) is 19.7. The van der Waals surface area contributed by atoms with E-state index in [2.05, 4.69) is 46.4 Å². The molecule has 0 bridgehead atoms. The van der Waals surface area contributed by atoms with Crippen LogP contribution in [0.4, 0.5) is 96.6 Å². The van der Waals surface area contributed by atoms with Crippen LogP contribution in [0.2, 0.25) is 0 Å². The van der Waals surface area contributed by atoms with Crippen molar-refractivity contribution in [2.45, 2.75) is 68.4 Å². The van der Waals surface area contributed by atoms with Gasteiger partial charge < -0.3 is 0 Å². The zero-order chi connectivity index (χ0) is 32.0. The monoisotopic (exact) mass is 702 g/mol. The molecule has 0 aromatic carbocycles. The van der Waals surface area contributed by atoms with E-state index in [9.17, 15) is 96.6 Å². The van der Waals surface area contributed by atoms with Crippen molar-refractivity contribution in [2.75, 3.05) is 0 Å². The van der Waals surface area contributed by atoms with Crippen LogP contribution >= 0.6 is 46.4 Å². The van der Waals surface area contributed by atoms with Crippen LogP contribution in [0.5, 0.6) is 0 Å². The Labute approximate surface area is 212 Å². The second-order valence-electron chi connectivity index (χ2n) is 6.74. The SMILES string of the molecule is FC(F)(C(F)(F)C(F)(F)C(F)(F)C(F)(F)[C@@](F)(Cl)C(F)(F)Cl)C(F)(F)C(F)(F)C(F)(F)[C@@](F)(Cl)C(F)(F)Cl. The fraction of sp³-hybridized carbons (Fsp3) is 1.00. The second-order valence-corrected chi connectivity index (χ2v) is 8.73. The summed E-state index contributed by atoms with van der Waals surface area (Å²) in [6.07, 6.45) is 0. The average molecular weight is 704 g/mol. The quantitative estimate of drug-likeness (QED) is 0.149. The van der Waals surface area contributed by atoms with E-state index < -0.39 is 68.4 Å². The van der Waals surface area contributed by atoms with E-state index >= 15 is 0 Å². The van der Waals surface area contributed by atoms with Gasteiger partial charge >= 0.3 is 68.4 Å². The van der Waals surface area contributed by atoms with Crippen LogP contribution in [0, 0.1) is 0 Å². The van der Waals surface area contributed by atoms with Crippen LogP contribution in [0.25, 0.3) is 0 Å². The van der Waals surface area contributed by atoms with Crippen molar-refractivity contribution in [2.24, 2.45) is 0 Å². The summed E-state index contributed by atoms with van der Waals surface area (Å²) in [6.45, 7) is 0. The molecule has 26 heteroatoms. The third kappa shape index (κ3) is 4.39. The first-order chi connectivity index (χ1) is 15.8. The van der Waals surface area contributed by atoms with Gasteiger partial charge in [-0.25, -0.2) is 8.78 Å². The van der Waals surface area contributed by atoms with Gasteiger partial charge in [0, 0.05) is 0 Å². The van der Waals surface area contributed by atoms with E-state index in [0.29, 0.717) is 0 Å². The molecule has 230 valence electrons. The van der Waals surface area contributed by atoms with Crippen LogP contribution in [-0.2, 0) is 0 Å². The summed E-state index contributed by atoms with van der Waals surface area (Å²) in [7, 11) is 0. The van der Waals surface area contributed by atoms with Crippen molar-refractivity contribution in [1.29, 1.82) is 0 Å². The van der Waals surface area contributed by atoms with Crippen molar-refractivity contribution < 1.29 is 96.6 Å². The Morgan fingerprint density at radius 3 is 0.421 bits per heavy atom. The molecular weight excluding hydrogens is 704 g/mol. The van der Waals surface area contributed by atoms with Gasteiger partial charge in [-0.3, -0.25) is 0 Å². The third-order valence-corrected chi connectivity index (χ3v) is 5.92. The minimum atomic E-state index is -9.32. The molecule has 0 heterocycles. The van der Waals surface area contributed by atoms with Gasteiger partial charge in [0.1, 0.15) is 0 Å². The molecule has 0 aromatic heterocycles. The van der Waals surface area contributed by atoms with Gasteiger partial charge in [-0.2, -0.15) is 87.8 Å². The second kappa shape index (κ2) is 9.06. The summed E-state index contributed by atoms with van der Waals surface area (Å²) in [5.74, 6) is -71.6. The topological polar surface area (TPSA) is 0 Å². The maximum Gasteiger partial charge on any atom is 0.385 e. The highest BCUT2D eigenvalue weighted by Crippen LogP contribution is 2.68. The number of hydrogen-bond donors (Lipinski definition) is 0. The van der Waals surface area contributed by atoms with E-state index in [1.54, 1.807) is 0 Å². The largest absolute Gasteiger partial charge is 0.385 e. The van der Waals surface area contributed by atoms with Crippen molar-refractivity contribution in [3.05, 3.63) is 0 Å². The predicted molar refractivity (Wildman–Crippen MR) is 80.6 cm³/mol. The summed E-state index contributed by atoms with van der Waals surface area (Å²) in [4.78, 5) is 0. The lowest BCUT2D eigenvalue weighted by molar-refractivity contribution is -0.462. The number of hydrogen-bond acceptors (Lipinski definition) is 0. The van der Waals surface area contributed by atoms with E-state index in [0.717, 1.165) is 0 Å². The van der Waals surface area contributed by atoms with Gasteiger partial charge in [0.05, 0.1) is 0 Å². The molecule has 0 saturated heterocycles. The van der Waals surface area contributed by atoms with Gasteiger partial charge in [-0.05, 0) is 23.2 Å². The molecule has 0 radical (unpaired) electrons. The first-order valence-electron chi connectivity index (χ1n) is 7.66. The minimum absolute atomic E-state index is 3.48. The van der Waals surface area contributed by atoms with Crippen LogP contribution in [0.1, 0.15) is 0 Å². The van der Waals surface area contributed by atoms with Crippen molar-refractivity contribution in [3.63, 3.8) is 0 Å². The summed E-state index contributed by atoms with van der Waals surface area (Å²) in [5, 5.41) is -27.9. The van der Waals surface area contributed by atoms with Crippen LogP contribution in [0.3, 0.4) is 0 Å². The molecule has 0 N–H and O–H groups in total. The number of rotatable bonds is 11. The fourth-order valence-corrected chi connectivity index (χ4v) is 2.41. The molecule has 0 fully saturated rings. The van der Waals surface area contributed by atoms with E-state index in [4.69, 9.17) is 0 Å². The molecule has 2 atom stereocenters. The Hall–Kier alpha value is -0.380. The third-order valence-electron chi connectivity index (χ3n) is 4.26. The molecule has 0 saturated carbocycles. The maximum atomic E-state index is 13.6. The van der Waals surface area contributed by atoms with E-state index in [1.165, 1.54) is 0 Å². The molecule has 0 amide bonds. The molecule has 0 aliphatic carbocycles. The molecule has 0 nitrogen and oxygen atoms in total. The molecule has 0 aromatic rings. The Morgan fingerprint density at radius 2 is 0.316 bits per heavy atom. The summed E-state index contributed by atoms with van der Waals surface area (Å²) in [5.41, 5.74) is 0. The first-order valence-corrected chi connectivity index (χ1v) is 9.18. The van der Waals surface area contributed by atoms with Gasteiger partial charge in [0.2, 0.25) is 0 Å². The maximum absolute atomic E-state index is 13.6. The highest BCUT2D eigenvalue weighted by molar-refractivity contribution is 6.33. The number of alkyl halides is 26. The summed E-state index contributed by atoms with van der Waals surface area (Å²) < 4.78 is 293. The minimum Gasteiger partial charge on any atom is -0.211 e. The van der Waals surface area contributed by atoms with Gasteiger partial charge in [-0.1, -0.05) is 23.2 Å². The van der Waals surface area contributed by atoms with Crippen molar-refractivity contribution in [1.82, 2.24) is 0 Å². The zero-order valence-corrected chi connectivity index (χ0v) is 18.9. The Bertz CT molecular complexity index is 808. The molecule has 0 unspecified atom stereocenters. The van der Waals surface area contributed by atoms with Crippen LogP contribution in [0.15, 0.2) is 0 Å². The Kier molecular flexibility index (Phi) is 8.97. The Morgan fingerprint density at radius 1 is 0.211 bits per heavy atom. The van der Waals surface area contributed by atoms with Gasteiger partial charge in [-0.15, -0.1) is 0 Å². The first kappa shape index (κ1) is 37.6.